The van der Waals surface area contributed by atoms with Crippen LogP contribution in [0.5, 0.6) is 0 Å². The lowest BCUT2D eigenvalue weighted by Crippen LogP contribution is -2.37. The summed E-state index contributed by atoms with van der Waals surface area (Å²) in [6.45, 7) is 2.20. The third-order valence-electron chi connectivity index (χ3n) is 2.70. The molecular formula is C10H18NO2. The Morgan fingerprint density at radius 2 is 2.15 bits per heavy atom. The molecule has 1 radical (unpaired) electrons. The van der Waals surface area contributed by atoms with Crippen molar-refractivity contribution in [3.05, 3.63) is 5.92 Å². The van der Waals surface area contributed by atoms with Gasteiger partial charge in [0.1, 0.15) is 0 Å². The average Bonchev–Trinajstić information content (AvgIpc) is 2.19. The molecule has 1 amide bonds. The van der Waals surface area contributed by atoms with Crippen LogP contribution in [0.1, 0.15) is 39.0 Å². The SMILES string of the molecule is CC[C]1CCC(NC(=O)OC)CC1. The predicted molar refractivity (Wildman–Crippen MR) is 51.3 cm³/mol. The molecule has 75 valence electrons. The van der Waals surface area contributed by atoms with Gasteiger partial charge in [0.05, 0.1) is 7.11 Å². The van der Waals surface area contributed by atoms with Crippen LogP contribution in [0.3, 0.4) is 0 Å². The maximum absolute atomic E-state index is 10.9. The third-order valence-corrected chi connectivity index (χ3v) is 2.70. The first-order valence-corrected chi connectivity index (χ1v) is 4.94. The fourth-order valence-electron chi connectivity index (χ4n) is 1.75. The second-order valence-electron chi connectivity index (χ2n) is 3.51. The summed E-state index contributed by atoms with van der Waals surface area (Å²) < 4.78 is 4.55. The molecule has 1 aliphatic rings. The van der Waals surface area contributed by atoms with Crippen molar-refractivity contribution in [3.8, 4) is 0 Å². The van der Waals surface area contributed by atoms with Crippen LogP contribution in [0.2, 0.25) is 0 Å². The Kier molecular flexibility index (Phi) is 4.06. The van der Waals surface area contributed by atoms with Crippen molar-refractivity contribution >= 4 is 6.09 Å². The number of rotatable bonds is 2. The van der Waals surface area contributed by atoms with Crippen molar-refractivity contribution in [2.24, 2.45) is 0 Å². The Hall–Kier alpha value is -0.730. The van der Waals surface area contributed by atoms with Gasteiger partial charge in [-0.2, -0.15) is 0 Å². The number of carbonyl (C=O) groups excluding carboxylic acids is 1. The minimum Gasteiger partial charge on any atom is -0.453 e. The molecule has 0 spiro atoms. The molecular weight excluding hydrogens is 166 g/mol. The molecule has 1 fully saturated rings. The fraction of sp³-hybridized carbons (Fsp3) is 0.800. The third kappa shape index (κ3) is 3.25. The lowest BCUT2D eigenvalue weighted by atomic mass is 9.85. The summed E-state index contributed by atoms with van der Waals surface area (Å²) in [5, 5.41) is 2.84. The first kappa shape index (κ1) is 10.4. The van der Waals surface area contributed by atoms with Crippen LogP contribution >= 0.6 is 0 Å². The zero-order valence-electron chi connectivity index (χ0n) is 8.43. The van der Waals surface area contributed by atoms with Crippen molar-refractivity contribution in [1.29, 1.82) is 0 Å². The molecule has 0 aromatic rings. The largest absolute Gasteiger partial charge is 0.453 e. The highest BCUT2D eigenvalue weighted by molar-refractivity contribution is 5.67. The van der Waals surface area contributed by atoms with Gasteiger partial charge in [0.2, 0.25) is 0 Å². The lowest BCUT2D eigenvalue weighted by molar-refractivity contribution is 0.163. The lowest BCUT2D eigenvalue weighted by Gasteiger charge is -2.27. The summed E-state index contributed by atoms with van der Waals surface area (Å²) >= 11 is 0. The van der Waals surface area contributed by atoms with Crippen LogP contribution in [0, 0.1) is 5.92 Å². The minimum absolute atomic E-state index is 0.301. The fourth-order valence-corrected chi connectivity index (χ4v) is 1.75. The van der Waals surface area contributed by atoms with E-state index in [1.165, 1.54) is 13.5 Å². The maximum Gasteiger partial charge on any atom is 0.407 e. The first-order chi connectivity index (χ1) is 6.26. The number of nitrogens with one attached hydrogen (secondary N) is 1. The highest BCUT2D eigenvalue weighted by atomic mass is 16.5. The Morgan fingerprint density at radius 1 is 1.54 bits per heavy atom. The predicted octanol–water partition coefficient (Wildman–Crippen LogP) is 2.27. The van der Waals surface area contributed by atoms with Crippen LogP contribution < -0.4 is 5.32 Å². The second-order valence-corrected chi connectivity index (χ2v) is 3.51. The van der Waals surface area contributed by atoms with Crippen LogP contribution in [0.15, 0.2) is 0 Å². The van der Waals surface area contributed by atoms with Gasteiger partial charge in [0.25, 0.3) is 0 Å². The molecule has 13 heavy (non-hydrogen) atoms. The molecule has 0 bridgehead atoms. The second kappa shape index (κ2) is 5.10. The van der Waals surface area contributed by atoms with E-state index >= 15 is 0 Å². The van der Waals surface area contributed by atoms with Gasteiger partial charge in [-0.25, -0.2) is 4.79 Å². The minimum atomic E-state index is -0.301. The highest BCUT2D eigenvalue weighted by Crippen LogP contribution is 2.28. The summed E-state index contributed by atoms with van der Waals surface area (Å²) in [6.07, 6.45) is 5.34. The molecule has 3 heteroatoms. The average molecular weight is 184 g/mol. The molecule has 0 aromatic carbocycles. The van der Waals surface area contributed by atoms with Gasteiger partial charge < -0.3 is 10.1 Å². The zero-order valence-corrected chi connectivity index (χ0v) is 8.43. The summed E-state index contributed by atoms with van der Waals surface area (Å²) in [5.74, 6) is 1.63. The number of amides is 1. The van der Waals surface area contributed by atoms with E-state index in [4.69, 9.17) is 0 Å². The van der Waals surface area contributed by atoms with Gasteiger partial charge in [-0.3, -0.25) is 0 Å². The maximum atomic E-state index is 10.9. The van der Waals surface area contributed by atoms with Gasteiger partial charge in [0, 0.05) is 6.04 Å². The van der Waals surface area contributed by atoms with Crippen LogP contribution in [0.4, 0.5) is 4.79 Å². The quantitative estimate of drug-likeness (QED) is 0.715. The van der Waals surface area contributed by atoms with Gasteiger partial charge >= 0.3 is 6.09 Å². The molecule has 1 N–H and O–H groups in total. The summed E-state index contributed by atoms with van der Waals surface area (Å²) in [6, 6.07) is 0.322. The Bertz CT molecular complexity index is 162. The van der Waals surface area contributed by atoms with Crippen LogP contribution in [-0.4, -0.2) is 19.2 Å². The van der Waals surface area contributed by atoms with Crippen molar-refractivity contribution in [2.75, 3.05) is 7.11 Å². The Morgan fingerprint density at radius 3 is 2.62 bits per heavy atom. The van der Waals surface area contributed by atoms with E-state index < -0.39 is 0 Å². The van der Waals surface area contributed by atoms with E-state index in [2.05, 4.69) is 17.0 Å². The molecule has 3 nitrogen and oxygen atoms in total. The molecule has 0 aliphatic heterocycles. The van der Waals surface area contributed by atoms with Crippen LogP contribution in [0.25, 0.3) is 0 Å². The zero-order chi connectivity index (χ0) is 9.68. The van der Waals surface area contributed by atoms with Gasteiger partial charge in [-0.05, 0) is 38.0 Å². The Labute approximate surface area is 79.8 Å². The molecule has 0 aromatic heterocycles. The summed E-state index contributed by atoms with van der Waals surface area (Å²) in [7, 11) is 1.40. The van der Waals surface area contributed by atoms with Crippen LogP contribution in [-0.2, 0) is 4.74 Å². The number of alkyl carbamates (subject to hydrolysis) is 1. The molecule has 0 atom stereocenters. The van der Waals surface area contributed by atoms with E-state index in [9.17, 15) is 4.79 Å². The molecule has 1 rings (SSSR count). The van der Waals surface area contributed by atoms with Crippen molar-refractivity contribution in [1.82, 2.24) is 5.32 Å². The molecule has 1 aliphatic carbocycles. The van der Waals surface area contributed by atoms with E-state index in [1.54, 1.807) is 5.92 Å². The summed E-state index contributed by atoms with van der Waals surface area (Å²) in [5.41, 5.74) is 0. The number of carbonyl (C=O) groups is 1. The Balaban J connectivity index is 2.21. The standard InChI is InChI=1S/C10H18NO2/c1-3-8-4-6-9(7-5-8)11-10(12)13-2/h9H,3-7H2,1-2H3,(H,11,12). The van der Waals surface area contributed by atoms with Gasteiger partial charge in [-0.15, -0.1) is 0 Å². The van der Waals surface area contributed by atoms with E-state index in [0.717, 1.165) is 25.7 Å². The number of methoxy groups -OCH3 is 1. The van der Waals surface area contributed by atoms with Gasteiger partial charge in [-0.1, -0.05) is 6.92 Å². The van der Waals surface area contributed by atoms with E-state index in [0.29, 0.717) is 6.04 Å². The van der Waals surface area contributed by atoms with Crippen molar-refractivity contribution in [2.45, 2.75) is 45.1 Å². The highest BCUT2D eigenvalue weighted by Gasteiger charge is 2.21. The smallest absolute Gasteiger partial charge is 0.407 e. The molecule has 0 unspecified atom stereocenters. The molecule has 0 saturated heterocycles. The monoisotopic (exact) mass is 184 g/mol. The topological polar surface area (TPSA) is 38.3 Å². The van der Waals surface area contributed by atoms with Crippen molar-refractivity contribution in [3.63, 3.8) is 0 Å². The molecule has 1 saturated carbocycles. The number of ether oxygens (including phenoxy) is 1. The molecule has 0 heterocycles. The van der Waals surface area contributed by atoms with Crippen molar-refractivity contribution < 1.29 is 9.53 Å². The van der Waals surface area contributed by atoms with E-state index in [1.807, 2.05) is 0 Å². The first-order valence-electron chi connectivity index (χ1n) is 4.94. The normalized spacial score (nSPS) is 19.8. The van der Waals surface area contributed by atoms with E-state index in [-0.39, 0.29) is 6.09 Å². The summed E-state index contributed by atoms with van der Waals surface area (Å²) in [4.78, 5) is 10.9. The number of hydrogen-bond acceptors (Lipinski definition) is 2. The van der Waals surface area contributed by atoms with Gasteiger partial charge in [0.15, 0.2) is 0 Å². The number of hydrogen-bond donors (Lipinski definition) is 1.